The monoisotopic (exact) mass is 436 g/mol. The van der Waals surface area contributed by atoms with E-state index in [2.05, 4.69) is 5.10 Å². The van der Waals surface area contributed by atoms with E-state index >= 15 is 0 Å². The van der Waals surface area contributed by atoms with Gasteiger partial charge in [0.25, 0.3) is 11.5 Å². The first-order chi connectivity index (χ1) is 15.5. The molecule has 3 aromatic rings. The van der Waals surface area contributed by atoms with Gasteiger partial charge in [-0.25, -0.2) is 9.18 Å². The molecule has 1 aliphatic carbocycles. The number of aromatic nitrogens is 3. The van der Waals surface area contributed by atoms with Crippen LogP contribution < -0.4 is 11.2 Å². The Labute approximate surface area is 184 Å². The molecule has 32 heavy (non-hydrogen) atoms. The average molecular weight is 436 g/mol. The molecule has 7 nitrogen and oxygen atoms in total. The van der Waals surface area contributed by atoms with Crippen LogP contribution in [0.2, 0.25) is 0 Å². The number of para-hydroxylation sites is 1. The van der Waals surface area contributed by atoms with E-state index < -0.39 is 23.0 Å². The van der Waals surface area contributed by atoms with Gasteiger partial charge in [-0.2, -0.15) is 9.78 Å². The molecular formula is C24H25FN4O3. The number of hydrogen-bond donors (Lipinski definition) is 0. The van der Waals surface area contributed by atoms with Crippen molar-refractivity contribution in [3.8, 4) is 5.69 Å². The summed E-state index contributed by atoms with van der Waals surface area (Å²) in [5.41, 5.74) is -0.923. The van der Waals surface area contributed by atoms with Gasteiger partial charge in [0.15, 0.2) is 0 Å². The van der Waals surface area contributed by atoms with Gasteiger partial charge < -0.3 is 4.90 Å². The summed E-state index contributed by atoms with van der Waals surface area (Å²) in [4.78, 5) is 41.3. The summed E-state index contributed by atoms with van der Waals surface area (Å²) in [5.74, 6) is -0.985. The molecular weight excluding hydrogens is 411 g/mol. The highest BCUT2D eigenvalue weighted by Crippen LogP contribution is 2.22. The van der Waals surface area contributed by atoms with Gasteiger partial charge >= 0.3 is 5.69 Å². The van der Waals surface area contributed by atoms with Crippen molar-refractivity contribution in [2.75, 3.05) is 7.05 Å². The van der Waals surface area contributed by atoms with Crippen molar-refractivity contribution < 1.29 is 9.18 Å². The van der Waals surface area contributed by atoms with E-state index in [1.54, 1.807) is 48.3 Å². The summed E-state index contributed by atoms with van der Waals surface area (Å²) in [6, 6.07) is 14.3. The first-order valence-corrected chi connectivity index (χ1v) is 10.8. The Bertz CT molecular complexity index is 1230. The fourth-order valence-corrected chi connectivity index (χ4v) is 4.14. The molecule has 0 bridgehead atoms. The molecule has 0 atom stereocenters. The van der Waals surface area contributed by atoms with Crippen LogP contribution >= 0.6 is 0 Å². The minimum Gasteiger partial charge on any atom is -0.337 e. The van der Waals surface area contributed by atoms with Gasteiger partial charge in [0.1, 0.15) is 5.82 Å². The predicted molar refractivity (Wildman–Crippen MR) is 119 cm³/mol. The van der Waals surface area contributed by atoms with Crippen LogP contribution in [0.25, 0.3) is 5.69 Å². The standard InChI is InChI=1S/C24H25FN4O3/c1-27(19-11-4-2-5-12-19)22(30)21-23(31)28(16-17-9-8-10-18(25)15-17)24(32)29(26-21)20-13-6-3-7-14-20/h3,6-10,13-15,19H,2,4-5,11-12,16H2,1H3. The first kappa shape index (κ1) is 21.7. The molecule has 0 saturated heterocycles. The van der Waals surface area contributed by atoms with Crippen LogP contribution in [0, 0.1) is 5.82 Å². The number of carbonyl (C=O) groups is 1. The van der Waals surface area contributed by atoms with Gasteiger partial charge in [-0.1, -0.05) is 49.6 Å². The number of amides is 1. The van der Waals surface area contributed by atoms with E-state index in [0.29, 0.717) is 11.3 Å². The predicted octanol–water partition coefficient (Wildman–Crippen LogP) is 2.99. The molecule has 166 valence electrons. The van der Waals surface area contributed by atoms with Gasteiger partial charge in [-0.15, -0.1) is 0 Å². The fourth-order valence-electron chi connectivity index (χ4n) is 4.14. The molecule has 0 radical (unpaired) electrons. The second kappa shape index (κ2) is 9.30. The SMILES string of the molecule is CN(C(=O)c1nn(-c2ccccc2)c(=O)n(Cc2cccc(F)c2)c1=O)C1CCCCC1. The van der Waals surface area contributed by atoms with Gasteiger partial charge in [0, 0.05) is 13.1 Å². The molecule has 8 heteroatoms. The van der Waals surface area contributed by atoms with E-state index in [0.717, 1.165) is 41.4 Å². The van der Waals surface area contributed by atoms with Crippen molar-refractivity contribution >= 4 is 5.91 Å². The second-order valence-electron chi connectivity index (χ2n) is 8.11. The maximum atomic E-state index is 13.7. The molecule has 1 amide bonds. The van der Waals surface area contributed by atoms with Gasteiger partial charge in [-0.3, -0.25) is 14.2 Å². The largest absolute Gasteiger partial charge is 0.352 e. The zero-order valence-electron chi connectivity index (χ0n) is 17.9. The number of benzene rings is 2. The summed E-state index contributed by atoms with van der Waals surface area (Å²) >= 11 is 0. The normalized spacial score (nSPS) is 14.3. The topological polar surface area (TPSA) is 77.2 Å². The van der Waals surface area contributed by atoms with Crippen LogP contribution in [0.3, 0.4) is 0 Å². The Morgan fingerprint density at radius 2 is 1.78 bits per heavy atom. The minimum absolute atomic E-state index is 0.0335. The quantitative estimate of drug-likeness (QED) is 0.616. The molecule has 4 rings (SSSR count). The van der Waals surface area contributed by atoms with Crippen LogP contribution in [0.15, 0.2) is 64.2 Å². The Morgan fingerprint density at radius 3 is 2.47 bits per heavy atom. The number of halogens is 1. The van der Waals surface area contributed by atoms with E-state index in [1.165, 1.54) is 18.2 Å². The zero-order chi connectivity index (χ0) is 22.7. The highest BCUT2D eigenvalue weighted by Gasteiger charge is 2.28. The van der Waals surface area contributed by atoms with Gasteiger partial charge in [0.05, 0.1) is 12.2 Å². The molecule has 1 aromatic heterocycles. The Kier molecular flexibility index (Phi) is 6.30. The highest BCUT2D eigenvalue weighted by molar-refractivity contribution is 5.91. The van der Waals surface area contributed by atoms with Crippen LogP contribution in [-0.2, 0) is 6.54 Å². The molecule has 0 aliphatic heterocycles. The maximum absolute atomic E-state index is 13.7. The van der Waals surface area contributed by atoms with Crippen molar-refractivity contribution in [1.29, 1.82) is 0 Å². The third kappa shape index (κ3) is 4.39. The zero-order valence-corrected chi connectivity index (χ0v) is 17.9. The Balaban J connectivity index is 1.83. The molecule has 1 saturated carbocycles. The Morgan fingerprint density at radius 1 is 1.06 bits per heavy atom. The number of hydrogen-bond acceptors (Lipinski definition) is 4. The second-order valence-corrected chi connectivity index (χ2v) is 8.11. The lowest BCUT2D eigenvalue weighted by atomic mass is 9.94. The van der Waals surface area contributed by atoms with E-state index in [4.69, 9.17) is 0 Å². The van der Waals surface area contributed by atoms with Crippen LogP contribution in [-0.4, -0.2) is 38.2 Å². The molecule has 1 heterocycles. The van der Waals surface area contributed by atoms with Gasteiger partial charge in [0.2, 0.25) is 5.69 Å². The number of nitrogens with zero attached hydrogens (tertiary/aromatic N) is 4. The first-order valence-electron chi connectivity index (χ1n) is 10.8. The van der Waals surface area contributed by atoms with E-state index in [9.17, 15) is 18.8 Å². The lowest BCUT2D eigenvalue weighted by Gasteiger charge is -2.30. The van der Waals surface area contributed by atoms with Crippen LogP contribution in [0.5, 0.6) is 0 Å². The molecule has 1 aliphatic rings. The van der Waals surface area contributed by atoms with E-state index in [1.807, 2.05) is 0 Å². The molecule has 0 spiro atoms. The van der Waals surface area contributed by atoms with Crippen molar-refractivity contribution in [2.24, 2.45) is 0 Å². The van der Waals surface area contributed by atoms with Crippen LogP contribution in [0.4, 0.5) is 4.39 Å². The minimum atomic E-state index is -0.779. The smallest absolute Gasteiger partial charge is 0.337 e. The summed E-state index contributed by atoms with van der Waals surface area (Å²) in [6.45, 7) is -0.168. The molecule has 1 fully saturated rings. The highest BCUT2D eigenvalue weighted by atomic mass is 19.1. The van der Waals surface area contributed by atoms with E-state index in [-0.39, 0.29) is 18.3 Å². The summed E-state index contributed by atoms with van der Waals surface area (Å²) in [6.07, 6.45) is 4.94. The third-order valence-electron chi connectivity index (χ3n) is 5.94. The lowest BCUT2D eigenvalue weighted by Crippen LogP contribution is -2.48. The van der Waals surface area contributed by atoms with Crippen molar-refractivity contribution in [1.82, 2.24) is 19.2 Å². The lowest BCUT2D eigenvalue weighted by molar-refractivity contribution is 0.0684. The number of rotatable bonds is 5. The number of carbonyl (C=O) groups excluding carboxylic acids is 1. The summed E-state index contributed by atoms with van der Waals surface area (Å²) in [7, 11) is 1.67. The maximum Gasteiger partial charge on any atom is 0.352 e. The molecule has 0 unspecified atom stereocenters. The Hall–Kier alpha value is -3.55. The average Bonchev–Trinajstić information content (AvgIpc) is 2.82. The summed E-state index contributed by atoms with van der Waals surface area (Å²) < 4.78 is 15.7. The van der Waals surface area contributed by atoms with Crippen molar-refractivity contribution in [3.63, 3.8) is 0 Å². The third-order valence-corrected chi connectivity index (χ3v) is 5.94. The molecule has 2 aromatic carbocycles. The molecule has 0 N–H and O–H groups in total. The van der Waals surface area contributed by atoms with Gasteiger partial charge in [-0.05, 0) is 42.7 Å². The van der Waals surface area contributed by atoms with Crippen LogP contribution in [0.1, 0.15) is 48.2 Å². The summed E-state index contributed by atoms with van der Waals surface area (Å²) in [5, 5.41) is 4.18. The van der Waals surface area contributed by atoms with Crippen molar-refractivity contribution in [3.05, 3.63) is 92.5 Å². The fraction of sp³-hybridized carbons (Fsp3) is 0.333. The van der Waals surface area contributed by atoms with Crippen molar-refractivity contribution in [2.45, 2.75) is 44.7 Å².